The number of aromatic amines is 1. The van der Waals surface area contributed by atoms with Gasteiger partial charge in [0.15, 0.2) is 16.4 Å². The lowest BCUT2D eigenvalue weighted by molar-refractivity contribution is 0.286. The van der Waals surface area contributed by atoms with Crippen LogP contribution in [-0.2, 0) is 18.9 Å². The van der Waals surface area contributed by atoms with E-state index in [1.807, 2.05) is 39.0 Å². The van der Waals surface area contributed by atoms with Gasteiger partial charge in [0.1, 0.15) is 12.4 Å². The van der Waals surface area contributed by atoms with Crippen LogP contribution in [0.2, 0.25) is 0 Å². The van der Waals surface area contributed by atoms with Gasteiger partial charge in [-0.05, 0) is 69.0 Å². The first-order valence-electron chi connectivity index (χ1n) is 10.7. The van der Waals surface area contributed by atoms with Crippen molar-refractivity contribution >= 4 is 22.7 Å². The number of rotatable bonds is 7. The van der Waals surface area contributed by atoms with Crippen molar-refractivity contribution in [1.82, 2.24) is 19.7 Å². The molecule has 0 saturated heterocycles. The molecular weight excluding hydrogens is 420 g/mol. The summed E-state index contributed by atoms with van der Waals surface area (Å²) in [5.74, 6) is 2.26. The monoisotopic (exact) mass is 448 g/mol. The molecule has 4 rings (SSSR count). The topological polar surface area (TPSA) is 72.8 Å². The van der Waals surface area contributed by atoms with Crippen molar-refractivity contribution in [1.29, 1.82) is 0 Å². The van der Waals surface area contributed by atoms with E-state index >= 15 is 0 Å². The summed E-state index contributed by atoms with van der Waals surface area (Å²) in [5, 5.41) is 10.3. The smallest absolute Gasteiger partial charge is 0.191 e. The van der Waals surface area contributed by atoms with E-state index in [2.05, 4.69) is 45.7 Å². The zero-order chi connectivity index (χ0) is 22.8. The minimum Gasteiger partial charge on any atom is -0.485 e. The average Bonchev–Trinajstić information content (AvgIpc) is 3.13. The number of aromatic nitrogens is 4. The number of fused-ring (bicyclic) bond motifs is 1. The predicted octanol–water partition coefficient (Wildman–Crippen LogP) is 5.24. The van der Waals surface area contributed by atoms with E-state index in [9.17, 15) is 4.79 Å². The Morgan fingerprint density at radius 3 is 2.59 bits per heavy atom. The summed E-state index contributed by atoms with van der Waals surface area (Å²) in [6.45, 7) is 11.3. The lowest BCUT2D eigenvalue weighted by Crippen LogP contribution is -2.08. The van der Waals surface area contributed by atoms with Crippen LogP contribution in [0.4, 0.5) is 0 Å². The summed E-state index contributed by atoms with van der Waals surface area (Å²) in [4.78, 5) is 16.1. The molecular formula is C25H28N4O2S. The third-order valence-electron chi connectivity index (χ3n) is 5.49. The van der Waals surface area contributed by atoms with Gasteiger partial charge >= 0.3 is 0 Å². The van der Waals surface area contributed by atoms with E-state index in [0.29, 0.717) is 12.4 Å². The normalized spacial score (nSPS) is 11.3. The van der Waals surface area contributed by atoms with Gasteiger partial charge in [-0.25, -0.2) is 0 Å². The first-order valence-corrected chi connectivity index (χ1v) is 11.7. The third-order valence-corrected chi connectivity index (χ3v) is 6.51. The van der Waals surface area contributed by atoms with Crippen LogP contribution in [0.5, 0.6) is 5.75 Å². The summed E-state index contributed by atoms with van der Waals surface area (Å²) >= 11 is 1.56. The number of aryl methyl sites for hydroxylation is 4. The van der Waals surface area contributed by atoms with Crippen molar-refractivity contribution in [2.24, 2.45) is 0 Å². The number of hydrogen-bond acceptors (Lipinski definition) is 5. The Kier molecular flexibility index (Phi) is 6.37. The summed E-state index contributed by atoms with van der Waals surface area (Å²) in [6.07, 6.45) is 0. The second kappa shape index (κ2) is 9.20. The van der Waals surface area contributed by atoms with Crippen LogP contribution in [0.3, 0.4) is 0 Å². The van der Waals surface area contributed by atoms with E-state index in [4.69, 9.17) is 4.74 Å². The predicted molar refractivity (Wildman–Crippen MR) is 130 cm³/mol. The highest BCUT2D eigenvalue weighted by Crippen LogP contribution is 2.24. The van der Waals surface area contributed by atoms with Gasteiger partial charge in [0, 0.05) is 29.4 Å². The minimum absolute atomic E-state index is 0.0476. The molecule has 0 spiro atoms. The second-order valence-electron chi connectivity index (χ2n) is 8.15. The molecule has 0 aliphatic carbocycles. The van der Waals surface area contributed by atoms with Crippen molar-refractivity contribution in [2.45, 2.75) is 58.7 Å². The van der Waals surface area contributed by atoms with Gasteiger partial charge in [-0.15, -0.1) is 10.2 Å². The summed E-state index contributed by atoms with van der Waals surface area (Å²) in [5.41, 5.74) is 6.19. The molecule has 166 valence electrons. The Labute approximate surface area is 192 Å². The number of nitrogens with one attached hydrogen (secondary N) is 1. The van der Waals surface area contributed by atoms with Gasteiger partial charge < -0.3 is 14.3 Å². The van der Waals surface area contributed by atoms with Crippen molar-refractivity contribution < 1.29 is 4.74 Å². The van der Waals surface area contributed by atoms with E-state index in [1.54, 1.807) is 17.8 Å². The fourth-order valence-electron chi connectivity index (χ4n) is 3.91. The number of thioether (sulfide) groups is 1. The van der Waals surface area contributed by atoms with Crippen LogP contribution in [0, 0.1) is 27.7 Å². The quantitative estimate of drug-likeness (QED) is 0.391. The SMILES string of the molecule is CCn1c(COc2cc(C)ccc2C)nnc1SCc1cc(=O)c2c(C)cc(C)cc2[nH]1. The van der Waals surface area contributed by atoms with Crippen molar-refractivity contribution in [2.75, 3.05) is 0 Å². The fourth-order valence-corrected chi connectivity index (χ4v) is 4.84. The van der Waals surface area contributed by atoms with Gasteiger partial charge in [0.05, 0.1) is 5.52 Å². The summed E-state index contributed by atoms with van der Waals surface area (Å²) in [6, 6.07) is 11.9. The first-order chi connectivity index (χ1) is 15.4. The largest absolute Gasteiger partial charge is 0.485 e. The minimum atomic E-state index is 0.0476. The van der Waals surface area contributed by atoms with Crippen LogP contribution in [0.15, 0.2) is 46.3 Å². The number of benzene rings is 2. The Balaban J connectivity index is 1.51. The number of ether oxygens (including phenoxy) is 1. The standard InChI is InChI=1S/C25H28N4O2S/c1-6-29-23(13-31-22-11-15(2)7-8-17(22)4)27-28-25(29)32-14-19-12-21(30)24-18(5)9-16(3)10-20(24)26-19/h7-12H,6,13-14H2,1-5H3,(H,26,30). The number of hydrogen-bond donors (Lipinski definition) is 1. The molecule has 2 heterocycles. The lowest BCUT2D eigenvalue weighted by atomic mass is 10.1. The molecule has 0 atom stereocenters. The molecule has 7 heteroatoms. The van der Waals surface area contributed by atoms with Crippen LogP contribution in [-0.4, -0.2) is 19.7 Å². The van der Waals surface area contributed by atoms with Crippen molar-refractivity contribution in [3.05, 3.63) is 80.4 Å². The fraction of sp³-hybridized carbons (Fsp3) is 0.320. The summed E-state index contributed by atoms with van der Waals surface area (Å²) < 4.78 is 8.09. The number of nitrogens with zero attached hydrogens (tertiary/aromatic N) is 3. The molecule has 0 amide bonds. The molecule has 2 aromatic heterocycles. The zero-order valence-electron chi connectivity index (χ0n) is 19.2. The van der Waals surface area contributed by atoms with Gasteiger partial charge in [-0.2, -0.15) is 0 Å². The van der Waals surface area contributed by atoms with Crippen LogP contribution < -0.4 is 10.2 Å². The maximum Gasteiger partial charge on any atom is 0.191 e. The second-order valence-corrected chi connectivity index (χ2v) is 9.10. The molecule has 0 fully saturated rings. The Bertz CT molecular complexity index is 1340. The van der Waals surface area contributed by atoms with Crippen molar-refractivity contribution in [3.8, 4) is 5.75 Å². The number of pyridine rings is 1. The van der Waals surface area contributed by atoms with Crippen molar-refractivity contribution in [3.63, 3.8) is 0 Å². The molecule has 0 aliphatic heterocycles. The van der Waals surface area contributed by atoms with Crippen LogP contribution in [0.25, 0.3) is 10.9 Å². The molecule has 32 heavy (non-hydrogen) atoms. The summed E-state index contributed by atoms with van der Waals surface area (Å²) in [7, 11) is 0. The van der Waals surface area contributed by atoms with E-state index in [0.717, 1.165) is 62.1 Å². The van der Waals surface area contributed by atoms with Gasteiger partial charge in [0.25, 0.3) is 0 Å². The van der Waals surface area contributed by atoms with Gasteiger partial charge in [0.2, 0.25) is 0 Å². The van der Waals surface area contributed by atoms with Crippen LogP contribution in [0.1, 0.15) is 40.7 Å². The zero-order valence-corrected chi connectivity index (χ0v) is 20.0. The first kappa shape index (κ1) is 22.1. The molecule has 0 radical (unpaired) electrons. The highest BCUT2D eigenvalue weighted by atomic mass is 32.2. The molecule has 0 aliphatic rings. The molecule has 0 bridgehead atoms. The third kappa shape index (κ3) is 4.58. The van der Waals surface area contributed by atoms with Crippen LogP contribution >= 0.6 is 11.8 Å². The van der Waals surface area contributed by atoms with Gasteiger partial charge in [-0.1, -0.05) is 30.0 Å². The maximum absolute atomic E-state index is 12.7. The highest BCUT2D eigenvalue weighted by Gasteiger charge is 2.14. The maximum atomic E-state index is 12.7. The van der Waals surface area contributed by atoms with E-state index in [-0.39, 0.29) is 5.43 Å². The van der Waals surface area contributed by atoms with E-state index < -0.39 is 0 Å². The lowest BCUT2D eigenvalue weighted by Gasteiger charge is -2.11. The Hall–Kier alpha value is -3.06. The Morgan fingerprint density at radius 2 is 1.81 bits per heavy atom. The highest BCUT2D eigenvalue weighted by molar-refractivity contribution is 7.98. The van der Waals surface area contributed by atoms with E-state index in [1.165, 1.54) is 0 Å². The molecule has 6 nitrogen and oxygen atoms in total. The molecule has 2 aromatic carbocycles. The Morgan fingerprint density at radius 1 is 1.00 bits per heavy atom. The van der Waals surface area contributed by atoms with Gasteiger partial charge in [-0.3, -0.25) is 4.79 Å². The molecule has 4 aromatic rings. The molecule has 0 saturated carbocycles. The molecule has 1 N–H and O–H groups in total. The number of H-pyrrole nitrogens is 1. The molecule has 0 unspecified atom stereocenters. The average molecular weight is 449 g/mol.